The van der Waals surface area contributed by atoms with Crippen LogP contribution in [0.15, 0.2) is 42.6 Å². The van der Waals surface area contributed by atoms with Crippen molar-refractivity contribution in [3.05, 3.63) is 53.9 Å². The third-order valence-corrected chi connectivity index (χ3v) is 6.97. The van der Waals surface area contributed by atoms with Crippen LogP contribution in [0.5, 0.6) is 11.5 Å². The zero-order valence-electron chi connectivity index (χ0n) is 21.0. The molecule has 2 unspecified atom stereocenters. The normalized spacial score (nSPS) is 19.8. The van der Waals surface area contributed by atoms with E-state index in [1.165, 1.54) is 20.4 Å². The Morgan fingerprint density at radius 1 is 1.08 bits per heavy atom. The van der Waals surface area contributed by atoms with E-state index in [4.69, 9.17) is 9.47 Å². The van der Waals surface area contributed by atoms with Crippen molar-refractivity contribution in [3.63, 3.8) is 0 Å². The maximum Gasteiger partial charge on any atom is 0.410 e. The number of anilines is 1. The molecule has 12 heteroatoms. The number of rotatable bonds is 6. The summed E-state index contributed by atoms with van der Waals surface area (Å²) in [7, 11) is 2.98. The molecule has 1 saturated heterocycles. The van der Waals surface area contributed by atoms with Crippen LogP contribution >= 0.6 is 0 Å². The molecule has 2 aliphatic heterocycles. The van der Waals surface area contributed by atoms with Gasteiger partial charge in [0, 0.05) is 30.3 Å². The number of aromatic nitrogens is 3. The lowest BCUT2D eigenvalue weighted by Gasteiger charge is -2.33. The zero-order valence-corrected chi connectivity index (χ0v) is 21.0. The van der Waals surface area contributed by atoms with Gasteiger partial charge in [0.25, 0.3) is 5.91 Å². The van der Waals surface area contributed by atoms with E-state index in [-0.39, 0.29) is 29.9 Å². The number of nitrogens with one attached hydrogen (secondary N) is 3. The predicted molar refractivity (Wildman–Crippen MR) is 134 cm³/mol. The molecule has 0 spiro atoms. The fourth-order valence-electron chi connectivity index (χ4n) is 4.91. The second-order valence-corrected chi connectivity index (χ2v) is 9.39. The van der Waals surface area contributed by atoms with Gasteiger partial charge in [0.05, 0.1) is 26.0 Å². The Morgan fingerprint density at radius 3 is 2.50 bits per heavy atom. The molecule has 2 aromatic heterocycles. The minimum Gasteiger partial charge on any atom is -0.493 e. The van der Waals surface area contributed by atoms with Crippen LogP contribution in [0.3, 0.4) is 0 Å². The molecule has 0 bridgehead atoms. The van der Waals surface area contributed by atoms with Crippen molar-refractivity contribution >= 4 is 11.7 Å². The molecule has 5 rings (SSSR count). The number of hydrogen-bond donors (Lipinski definition) is 3. The zero-order chi connectivity index (χ0) is 26.9. The summed E-state index contributed by atoms with van der Waals surface area (Å²) in [5, 5.41) is 13.7. The SMILES string of the molecule is COc1ccc(C2CC(C(F)(F)F)n3nc(-c4ccc(C(=O)NC5CCNCC5)nc4)cc3N2)cc1OC. The number of amides is 1. The molecule has 1 fully saturated rings. The van der Waals surface area contributed by atoms with E-state index < -0.39 is 18.3 Å². The number of nitrogens with zero attached hydrogens (tertiary/aromatic N) is 3. The minimum atomic E-state index is -4.51. The Bertz CT molecular complexity index is 1290. The van der Waals surface area contributed by atoms with E-state index in [2.05, 4.69) is 26.0 Å². The Balaban J connectivity index is 1.39. The van der Waals surface area contributed by atoms with Crippen molar-refractivity contribution < 1.29 is 27.4 Å². The first-order valence-electron chi connectivity index (χ1n) is 12.4. The number of ether oxygens (including phenoxy) is 2. The van der Waals surface area contributed by atoms with Gasteiger partial charge in [0.2, 0.25) is 0 Å². The Morgan fingerprint density at radius 2 is 1.84 bits per heavy atom. The van der Waals surface area contributed by atoms with Crippen molar-refractivity contribution in [2.45, 2.75) is 43.6 Å². The molecule has 4 heterocycles. The molecule has 2 atom stereocenters. The number of fused-ring (bicyclic) bond motifs is 1. The molecular formula is C26H29F3N6O3. The molecule has 38 heavy (non-hydrogen) atoms. The lowest BCUT2D eigenvalue weighted by Crippen LogP contribution is -2.42. The highest BCUT2D eigenvalue weighted by atomic mass is 19.4. The molecule has 3 N–H and O–H groups in total. The Hall–Kier alpha value is -3.80. The van der Waals surface area contributed by atoms with E-state index in [1.807, 2.05) is 0 Å². The smallest absolute Gasteiger partial charge is 0.410 e. The van der Waals surface area contributed by atoms with Crippen molar-refractivity contribution in [2.75, 3.05) is 32.6 Å². The maximum atomic E-state index is 14.1. The summed E-state index contributed by atoms with van der Waals surface area (Å²) in [4.78, 5) is 16.8. The number of carbonyl (C=O) groups is 1. The van der Waals surface area contributed by atoms with Crippen LogP contribution in [0.4, 0.5) is 19.0 Å². The van der Waals surface area contributed by atoms with Crippen molar-refractivity contribution in [3.8, 4) is 22.8 Å². The van der Waals surface area contributed by atoms with Crippen molar-refractivity contribution in [1.82, 2.24) is 25.4 Å². The molecule has 2 aliphatic rings. The third-order valence-electron chi connectivity index (χ3n) is 6.97. The fourth-order valence-corrected chi connectivity index (χ4v) is 4.91. The van der Waals surface area contributed by atoms with Crippen LogP contribution in [0.1, 0.15) is 47.4 Å². The van der Waals surface area contributed by atoms with Crippen molar-refractivity contribution in [1.29, 1.82) is 0 Å². The molecule has 0 radical (unpaired) electrons. The van der Waals surface area contributed by atoms with Gasteiger partial charge < -0.3 is 25.4 Å². The number of carbonyl (C=O) groups excluding carboxylic acids is 1. The minimum absolute atomic E-state index is 0.0917. The van der Waals surface area contributed by atoms with Gasteiger partial charge in [-0.1, -0.05) is 6.07 Å². The first-order valence-corrected chi connectivity index (χ1v) is 12.4. The highest BCUT2D eigenvalue weighted by Gasteiger charge is 2.46. The van der Waals surface area contributed by atoms with E-state index in [0.29, 0.717) is 28.3 Å². The first-order chi connectivity index (χ1) is 18.3. The Kier molecular flexibility index (Phi) is 7.15. The molecule has 3 aromatic rings. The van der Waals surface area contributed by atoms with E-state index in [9.17, 15) is 18.0 Å². The number of methoxy groups -OCH3 is 2. The highest BCUT2D eigenvalue weighted by molar-refractivity contribution is 5.92. The predicted octanol–water partition coefficient (Wildman–Crippen LogP) is 4.10. The summed E-state index contributed by atoms with van der Waals surface area (Å²) >= 11 is 0. The molecule has 202 valence electrons. The average Bonchev–Trinajstić information content (AvgIpc) is 3.36. The number of benzene rings is 1. The van der Waals surface area contributed by atoms with Crippen LogP contribution < -0.4 is 25.4 Å². The highest BCUT2D eigenvalue weighted by Crippen LogP contribution is 2.45. The van der Waals surface area contributed by atoms with Crippen LogP contribution in [-0.2, 0) is 0 Å². The second-order valence-electron chi connectivity index (χ2n) is 9.39. The van der Waals surface area contributed by atoms with Crippen LogP contribution in [-0.4, -0.2) is 60.2 Å². The molecule has 0 saturated carbocycles. The summed E-state index contributed by atoms with van der Waals surface area (Å²) < 4.78 is 53.9. The van der Waals surface area contributed by atoms with Crippen LogP contribution in [0.2, 0.25) is 0 Å². The summed E-state index contributed by atoms with van der Waals surface area (Å²) in [6.07, 6.45) is -1.60. The quantitative estimate of drug-likeness (QED) is 0.441. The van der Waals surface area contributed by atoms with Gasteiger partial charge >= 0.3 is 6.18 Å². The number of hydrogen-bond acceptors (Lipinski definition) is 7. The topological polar surface area (TPSA) is 102 Å². The lowest BCUT2D eigenvalue weighted by atomic mass is 9.96. The van der Waals surface area contributed by atoms with Crippen LogP contribution in [0, 0.1) is 0 Å². The van der Waals surface area contributed by atoms with Gasteiger partial charge in [-0.05, 0) is 55.8 Å². The number of alkyl halides is 3. The summed E-state index contributed by atoms with van der Waals surface area (Å²) in [5.41, 5.74) is 1.72. The van der Waals surface area contributed by atoms with E-state index in [0.717, 1.165) is 30.6 Å². The monoisotopic (exact) mass is 530 g/mol. The summed E-state index contributed by atoms with van der Waals surface area (Å²) in [5.74, 6) is 0.892. The van der Waals surface area contributed by atoms with Gasteiger partial charge in [-0.2, -0.15) is 18.3 Å². The van der Waals surface area contributed by atoms with E-state index >= 15 is 0 Å². The standard InChI is InChI=1S/C26H29F3N6O3/c1-37-21-6-4-15(11-22(21)38-2)19-12-23(26(27,28)29)35-24(33-19)13-20(34-35)16-3-5-18(31-14-16)25(36)32-17-7-9-30-10-8-17/h3-6,11,13-14,17,19,23,30,33H,7-10,12H2,1-2H3,(H,32,36). The molecule has 1 amide bonds. The number of piperidine rings is 1. The van der Waals surface area contributed by atoms with Crippen molar-refractivity contribution in [2.24, 2.45) is 0 Å². The fraction of sp³-hybridized carbons (Fsp3) is 0.423. The average molecular weight is 531 g/mol. The lowest BCUT2D eigenvalue weighted by molar-refractivity contribution is -0.173. The van der Waals surface area contributed by atoms with Gasteiger partial charge in [0.1, 0.15) is 11.5 Å². The van der Waals surface area contributed by atoms with Gasteiger partial charge in [-0.3, -0.25) is 9.78 Å². The van der Waals surface area contributed by atoms with Gasteiger partial charge in [0.15, 0.2) is 17.5 Å². The summed E-state index contributed by atoms with van der Waals surface area (Å²) in [6.45, 7) is 1.70. The van der Waals surface area contributed by atoms with Crippen LogP contribution in [0.25, 0.3) is 11.3 Å². The maximum absolute atomic E-state index is 14.1. The van der Waals surface area contributed by atoms with Gasteiger partial charge in [-0.25, -0.2) is 4.68 Å². The third kappa shape index (κ3) is 5.26. The van der Waals surface area contributed by atoms with Gasteiger partial charge in [-0.15, -0.1) is 0 Å². The number of pyridine rings is 1. The largest absolute Gasteiger partial charge is 0.493 e. The number of halogens is 3. The molecule has 1 aromatic carbocycles. The molecule has 9 nitrogen and oxygen atoms in total. The first kappa shape index (κ1) is 25.8. The van der Waals surface area contributed by atoms with E-state index in [1.54, 1.807) is 36.4 Å². The Labute approximate surface area is 217 Å². The molecule has 0 aliphatic carbocycles. The molecular weight excluding hydrogens is 501 g/mol. The summed E-state index contributed by atoms with van der Waals surface area (Å²) in [6, 6.07) is 7.48. The second kappa shape index (κ2) is 10.5.